The van der Waals surface area contributed by atoms with Crippen molar-refractivity contribution >= 4 is 87.5 Å². The molecule has 13 aromatic rings. The second-order valence-electron chi connectivity index (χ2n) is 16.3. The zero-order valence-electron chi connectivity index (χ0n) is 33.8. The normalized spacial score (nSPS) is 11.9. The monoisotopic (exact) mass is 804 g/mol. The average molecular weight is 805 g/mol. The first-order valence-electron chi connectivity index (χ1n) is 21.0. The van der Waals surface area contributed by atoms with Crippen molar-refractivity contribution in [1.29, 1.82) is 10.5 Å². The van der Waals surface area contributed by atoms with Crippen LogP contribution in [0.2, 0.25) is 0 Å². The number of rotatable bonds is 4. The molecule has 0 aliphatic heterocycles. The van der Waals surface area contributed by atoms with Gasteiger partial charge in [-0.05, 0) is 120 Å². The summed E-state index contributed by atoms with van der Waals surface area (Å²) in [6, 6.07) is 65.4. The Morgan fingerprint density at radius 3 is 1.54 bits per heavy atom. The molecule has 13 rings (SSSR count). The molecule has 0 atom stereocenters. The lowest BCUT2D eigenvalue weighted by Gasteiger charge is -2.20. The molecule has 0 radical (unpaired) electrons. The van der Waals surface area contributed by atoms with Crippen molar-refractivity contribution in [3.63, 3.8) is 0 Å². The largest absolute Gasteiger partial charge is 0.455 e. The van der Waals surface area contributed by atoms with Crippen LogP contribution in [0.4, 0.5) is 0 Å². The predicted octanol–water partition coefficient (Wildman–Crippen LogP) is 15.1. The number of furan rings is 2. The molecule has 0 saturated carbocycles. The summed E-state index contributed by atoms with van der Waals surface area (Å²) in [6.07, 6.45) is 0. The highest BCUT2D eigenvalue weighted by molar-refractivity contribution is 6.25. The molecule has 6 nitrogen and oxygen atoms in total. The maximum Gasteiger partial charge on any atom is 0.145 e. The van der Waals surface area contributed by atoms with Crippen molar-refractivity contribution in [2.45, 2.75) is 6.92 Å². The van der Waals surface area contributed by atoms with Gasteiger partial charge in [-0.1, -0.05) is 84.9 Å². The second-order valence-corrected chi connectivity index (χ2v) is 16.3. The Labute approximate surface area is 359 Å². The van der Waals surface area contributed by atoms with Gasteiger partial charge in [-0.15, -0.1) is 0 Å². The highest BCUT2D eigenvalue weighted by Gasteiger charge is 2.24. The third-order valence-electron chi connectivity index (χ3n) is 12.9. The number of aryl methyl sites for hydroxylation is 1. The molecule has 0 amide bonds. The molecule has 0 bridgehead atoms. The van der Waals surface area contributed by atoms with E-state index in [0.29, 0.717) is 11.1 Å². The Balaban J connectivity index is 1.14. The summed E-state index contributed by atoms with van der Waals surface area (Å²) in [6.45, 7) is 2.05. The maximum atomic E-state index is 10.5. The Bertz CT molecular complexity index is 4200. The SMILES string of the molecule is Cc1cc(C#N)ccc1-c1ccc(-n2c3ccccc3c3c4oc5ccccc5c4ccc32)cc1-c1cc(C#N)ccc1-n1c2ccccc2c2c3oc4ccccc4c3ccc21. The maximum absolute atomic E-state index is 10.5. The first-order valence-corrected chi connectivity index (χ1v) is 21.0. The van der Waals surface area contributed by atoms with Crippen LogP contribution in [-0.4, -0.2) is 9.13 Å². The molecule has 63 heavy (non-hydrogen) atoms. The van der Waals surface area contributed by atoms with Crippen LogP contribution in [0, 0.1) is 29.6 Å². The lowest BCUT2D eigenvalue weighted by atomic mass is 9.89. The van der Waals surface area contributed by atoms with Crippen molar-refractivity contribution in [1.82, 2.24) is 9.13 Å². The standard InChI is InChI=1S/C57H32N4O2/c1-33-28-34(31-58)18-21-37(33)38-22-20-36(60-47-14-6-2-12-43(47)54-50(60)26-23-41-39-10-4-8-16-52(39)62-56(41)54)30-45(38)46-29-35(32-59)19-25-49(46)61-48-15-7-3-13-44(48)55-51(61)27-24-42-40-11-5-9-17-53(40)63-57(42)55/h2-30H,1H3. The number of aromatic nitrogens is 2. The molecule has 0 saturated heterocycles. The Kier molecular flexibility index (Phi) is 7.26. The minimum Gasteiger partial charge on any atom is -0.455 e. The molecule has 0 unspecified atom stereocenters. The van der Waals surface area contributed by atoms with Crippen LogP contribution in [0.1, 0.15) is 16.7 Å². The topological polar surface area (TPSA) is 83.7 Å². The van der Waals surface area contributed by atoms with Crippen molar-refractivity contribution in [2.75, 3.05) is 0 Å². The fourth-order valence-electron chi connectivity index (χ4n) is 10.2. The Hall–Kier alpha value is -8.84. The van der Waals surface area contributed by atoms with Gasteiger partial charge in [-0.25, -0.2) is 0 Å². The summed E-state index contributed by atoms with van der Waals surface area (Å²) in [4.78, 5) is 0. The van der Waals surface area contributed by atoms with Crippen molar-refractivity contribution in [2.24, 2.45) is 0 Å². The van der Waals surface area contributed by atoms with Gasteiger partial charge in [0.2, 0.25) is 0 Å². The molecule has 9 aromatic carbocycles. The molecular weight excluding hydrogens is 773 g/mol. The fraction of sp³-hybridized carbons (Fsp3) is 0.0175. The van der Waals surface area contributed by atoms with Crippen molar-refractivity contribution < 1.29 is 8.83 Å². The fourth-order valence-corrected chi connectivity index (χ4v) is 10.2. The summed E-state index contributed by atoms with van der Waals surface area (Å²) < 4.78 is 17.9. The van der Waals surface area contributed by atoms with Crippen LogP contribution in [0.15, 0.2) is 185 Å². The molecule has 0 aliphatic rings. The van der Waals surface area contributed by atoms with E-state index < -0.39 is 0 Å². The van der Waals surface area contributed by atoms with Gasteiger partial charge < -0.3 is 18.0 Å². The highest BCUT2D eigenvalue weighted by Crippen LogP contribution is 2.46. The van der Waals surface area contributed by atoms with Gasteiger partial charge in [0.1, 0.15) is 22.3 Å². The number of fused-ring (bicyclic) bond motifs is 14. The number of hydrogen-bond acceptors (Lipinski definition) is 4. The van der Waals surface area contributed by atoms with Gasteiger partial charge in [0, 0.05) is 43.6 Å². The lowest BCUT2D eigenvalue weighted by Crippen LogP contribution is -2.01. The van der Waals surface area contributed by atoms with Gasteiger partial charge >= 0.3 is 0 Å². The number of benzene rings is 9. The number of para-hydroxylation sites is 4. The van der Waals surface area contributed by atoms with Crippen LogP contribution < -0.4 is 0 Å². The van der Waals surface area contributed by atoms with Gasteiger partial charge in [-0.3, -0.25) is 0 Å². The zero-order chi connectivity index (χ0) is 41.9. The number of nitrogens with zero attached hydrogens (tertiary/aromatic N) is 4. The summed E-state index contributed by atoms with van der Waals surface area (Å²) in [5.74, 6) is 0. The van der Waals surface area contributed by atoms with Gasteiger partial charge in [-0.2, -0.15) is 10.5 Å². The molecule has 4 aromatic heterocycles. The molecular formula is C57H32N4O2. The van der Waals surface area contributed by atoms with Crippen molar-refractivity contribution in [3.8, 4) is 45.8 Å². The molecule has 0 spiro atoms. The smallest absolute Gasteiger partial charge is 0.145 e. The summed E-state index contributed by atoms with van der Waals surface area (Å²) in [5.41, 5.74) is 15.4. The molecule has 4 heterocycles. The van der Waals surface area contributed by atoms with E-state index in [9.17, 15) is 10.5 Å². The van der Waals surface area contributed by atoms with E-state index >= 15 is 0 Å². The van der Waals surface area contributed by atoms with Crippen LogP contribution in [0.5, 0.6) is 0 Å². The van der Waals surface area contributed by atoms with Gasteiger partial charge in [0.15, 0.2) is 0 Å². The van der Waals surface area contributed by atoms with E-state index in [2.05, 4.69) is 143 Å². The van der Waals surface area contributed by atoms with Gasteiger partial charge in [0.25, 0.3) is 0 Å². The molecule has 292 valence electrons. The van der Waals surface area contributed by atoms with E-state index in [0.717, 1.165) is 127 Å². The average Bonchev–Trinajstić information content (AvgIpc) is 4.09. The summed E-state index contributed by atoms with van der Waals surface area (Å²) >= 11 is 0. The molecule has 6 heteroatoms. The van der Waals surface area contributed by atoms with E-state index in [-0.39, 0.29) is 0 Å². The van der Waals surface area contributed by atoms with E-state index in [1.165, 1.54) is 0 Å². The number of hydrogen-bond donors (Lipinski definition) is 0. The molecule has 0 aliphatic carbocycles. The Morgan fingerprint density at radius 2 is 0.921 bits per heavy atom. The molecule has 0 N–H and O–H groups in total. The van der Waals surface area contributed by atoms with Crippen molar-refractivity contribution in [3.05, 3.63) is 193 Å². The van der Waals surface area contributed by atoms with Crippen LogP contribution in [0.25, 0.3) is 121 Å². The first-order chi connectivity index (χ1) is 31.1. The third kappa shape index (κ3) is 4.92. The van der Waals surface area contributed by atoms with Crippen LogP contribution >= 0.6 is 0 Å². The highest BCUT2D eigenvalue weighted by atomic mass is 16.3. The zero-order valence-corrected chi connectivity index (χ0v) is 33.8. The van der Waals surface area contributed by atoms with Crippen LogP contribution in [0.3, 0.4) is 0 Å². The number of nitriles is 2. The summed E-state index contributed by atoms with van der Waals surface area (Å²) in [5, 5.41) is 29.0. The quantitative estimate of drug-likeness (QED) is 0.177. The lowest BCUT2D eigenvalue weighted by molar-refractivity contribution is 0.672. The minimum absolute atomic E-state index is 0.547. The first kappa shape index (κ1) is 35.0. The predicted molar refractivity (Wildman–Crippen MR) is 255 cm³/mol. The minimum atomic E-state index is 0.547. The third-order valence-corrected chi connectivity index (χ3v) is 12.9. The molecule has 0 fully saturated rings. The second kappa shape index (κ2) is 13.1. The van der Waals surface area contributed by atoms with Gasteiger partial charge in [0.05, 0.1) is 61.8 Å². The van der Waals surface area contributed by atoms with E-state index in [4.69, 9.17) is 8.83 Å². The summed E-state index contributed by atoms with van der Waals surface area (Å²) in [7, 11) is 0. The van der Waals surface area contributed by atoms with Crippen LogP contribution in [-0.2, 0) is 0 Å². The Morgan fingerprint density at radius 1 is 0.397 bits per heavy atom. The van der Waals surface area contributed by atoms with E-state index in [1.54, 1.807) is 0 Å². The van der Waals surface area contributed by atoms with E-state index in [1.807, 2.05) is 60.7 Å².